The van der Waals surface area contributed by atoms with Gasteiger partial charge in [-0.1, -0.05) is 75.1 Å². The molecule has 0 amide bonds. The van der Waals surface area contributed by atoms with Crippen LogP contribution in [0, 0.1) is 0 Å². The van der Waals surface area contributed by atoms with E-state index in [-0.39, 0.29) is 11.5 Å². The van der Waals surface area contributed by atoms with Crippen LogP contribution in [0.25, 0.3) is 12.2 Å². The first-order chi connectivity index (χ1) is 12.6. The van der Waals surface area contributed by atoms with Gasteiger partial charge in [0.15, 0.2) is 11.5 Å². The Labute approximate surface area is 154 Å². The van der Waals surface area contributed by atoms with Crippen molar-refractivity contribution in [3.8, 4) is 17.2 Å². The van der Waals surface area contributed by atoms with E-state index in [1.807, 2.05) is 36.4 Å². The molecule has 4 nitrogen and oxygen atoms in total. The minimum atomic E-state index is -0.416. The molecule has 0 saturated heterocycles. The Morgan fingerprint density at radius 1 is 0.962 bits per heavy atom. The predicted octanol–water partition coefficient (Wildman–Crippen LogP) is 5.53. The summed E-state index contributed by atoms with van der Waals surface area (Å²) < 4.78 is 5.24. The van der Waals surface area contributed by atoms with E-state index in [4.69, 9.17) is 4.74 Å². The number of carbonyl (C=O) groups is 1. The summed E-state index contributed by atoms with van der Waals surface area (Å²) >= 11 is 0. The van der Waals surface area contributed by atoms with Gasteiger partial charge < -0.3 is 14.9 Å². The number of carbonyl (C=O) groups excluding carboxylic acids is 1. The third-order valence-electron chi connectivity index (χ3n) is 4.05. The van der Waals surface area contributed by atoms with E-state index in [9.17, 15) is 15.0 Å². The van der Waals surface area contributed by atoms with Crippen molar-refractivity contribution in [2.24, 2.45) is 0 Å². The van der Waals surface area contributed by atoms with Gasteiger partial charge in [-0.3, -0.25) is 4.79 Å². The molecule has 0 bridgehead atoms. The van der Waals surface area contributed by atoms with Crippen molar-refractivity contribution in [2.45, 2.75) is 45.4 Å². The van der Waals surface area contributed by atoms with Gasteiger partial charge in [-0.05, 0) is 29.7 Å². The smallest absolute Gasteiger partial charge is 0.311 e. The summed E-state index contributed by atoms with van der Waals surface area (Å²) in [6.07, 6.45) is 9.14. The van der Waals surface area contributed by atoms with E-state index >= 15 is 0 Å². The van der Waals surface area contributed by atoms with Crippen LogP contribution in [0.2, 0.25) is 0 Å². The molecule has 0 saturated carbocycles. The second-order valence-electron chi connectivity index (χ2n) is 6.27. The quantitative estimate of drug-likeness (QED) is 0.204. The molecule has 2 aromatic carbocycles. The number of aromatic hydroxyl groups is 2. The number of phenolic OH excluding ortho intramolecular Hbond substituents is 2. The standard InChI is InChI=1S/C22H26O4/c1-2-3-4-5-9-12-21(24)26-20-16-18(15-19(23)22(20)25)14-13-17-10-7-6-8-11-17/h6-8,10-11,13-16,23,25H,2-5,9,12H2,1H3. The Kier molecular flexibility index (Phi) is 7.75. The van der Waals surface area contributed by atoms with Gasteiger partial charge in [-0.2, -0.15) is 0 Å². The van der Waals surface area contributed by atoms with E-state index in [0.29, 0.717) is 12.0 Å². The van der Waals surface area contributed by atoms with Crippen molar-refractivity contribution in [2.75, 3.05) is 0 Å². The van der Waals surface area contributed by atoms with E-state index < -0.39 is 11.7 Å². The fourth-order valence-electron chi connectivity index (χ4n) is 2.59. The molecule has 0 aliphatic heterocycles. The fourth-order valence-corrected chi connectivity index (χ4v) is 2.59. The Morgan fingerprint density at radius 3 is 2.38 bits per heavy atom. The lowest BCUT2D eigenvalue weighted by molar-refractivity contribution is -0.134. The SMILES string of the molecule is CCCCCCCC(=O)Oc1cc(C=Cc2ccccc2)cc(O)c1O. The number of benzene rings is 2. The number of hydrogen-bond donors (Lipinski definition) is 2. The second-order valence-corrected chi connectivity index (χ2v) is 6.27. The van der Waals surface area contributed by atoms with Crippen LogP contribution in [-0.2, 0) is 4.79 Å². The summed E-state index contributed by atoms with van der Waals surface area (Å²) in [5.41, 5.74) is 1.64. The molecule has 2 N–H and O–H groups in total. The zero-order valence-corrected chi connectivity index (χ0v) is 15.1. The molecule has 0 atom stereocenters. The Hall–Kier alpha value is -2.75. The van der Waals surface area contributed by atoms with Crippen LogP contribution in [0.3, 0.4) is 0 Å². The molecule has 26 heavy (non-hydrogen) atoms. The molecule has 0 spiro atoms. The van der Waals surface area contributed by atoms with Crippen LogP contribution in [0.5, 0.6) is 17.2 Å². The molecule has 4 heteroatoms. The third kappa shape index (κ3) is 6.28. The number of unbranched alkanes of at least 4 members (excludes halogenated alkanes) is 4. The monoisotopic (exact) mass is 354 g/mol. The van der Waals surface area contributed by atoms with Gasteiger partial charge in [0.2, 0.25) is 5.75 Å². The number of rotatable bonds is 9. The van der Waals surface area contributed by atoms with Crippen LogP contribution in [0.15, 0.2) is 42.5 Å². The van der Waals surface area contributed by atoms with Crippen molar-refractivity contribution in [3.63, 3.8) is 0 Å². The van der Waals surface area contributed by atoms with Crippen LogP contribution < -0.4 is 4.74 Å². The molecule has 0 aliphatic carbocycles. The van der Waals surface area contributed by atoms with Crippen LogP contribution >= 0.6 is 0 Å². The highest BCUT2D eigenvalue weighted by atomic mass is 16.5. The Balaban J connectivity index is 2.00. The van der Waals surface area contributed by atoms with Crippen molar-refractivity contribution in [3.05, 3.63) is 53.6 Å². The van der Waals surface area contributed by atoms with Crippen molar-refractivity contribution in [1.29, 1.82) is 0 Å². The summed E-state index contributed by atoms with van der Waals surface area (Å²) in [7, 11) is 0. The van der Waals surface area contributed by atoms with E-state index in [1.54, 1.807) is 12.1 Å². The van der Waals surface area contributed by atoms with Crippen LogP contribution in [0.1, 0.15) is 56.6 Å². The predicted molar refractivity (Wildman–Crippen MR) is 104 cm³/mol. The molecule has 2 rings (SSSR count). The van der Waals surface area contributed by atoms with Gasteiger partial charge in [0.05, 0.1) is 0 Å². The van der Waals surface area contributed by atoms with E-state index in [2.05, 4.69) is 6.92 Å². The number of phenols is 2. The second kappa shape index (κ2) is 10.3. The molecule has 0 unspecified atom stereocenters. The zero-order chi connectivity index (χ0) is 18.8. The minimum Gasteiger partial charge on any atom is -0.504 e. The normalized spacial score (nSPS) is 11.0. The van der Waals surface area contributed by atoms with Crippen LogP contribution in [0.4, 0.5) is 0 Å². The molecule has 0 heterocycles. The van der Waals surface area contributed by atoms with Crippen molar-refractivity contribution < 1.29 is 19.7 Å². The summed E-state index contributed by atoms with van der Waals surface area (Å²) in [5, 5.41) is 19.8. The molecular formula is C22H26O4. The average Bonchev–Trinajstić information content (AvgIpc) is 2.64. The summed E-state index contributed by atoms with van der Waals surface area (Å²) in [6, 6.07) is 12.7. The lowest BCUT2D eigenvalue weighted by atomic mass is 10.1. The van der Waals surface area contributed by atoms with Gasteiger partial charge in [0.25, 0.3) is 0 Å². The summed E-state index contributed by atoms with van der Waals surface area (Å²) in [6.45, 7) is 2.14. The maximum absolute atomic E-state index is 12.0. The topological polar surface area (TPSA) is 66.8 Å². The van der Waals surface area contributed by atoms with Crippen LogP contribution in [-0.4, -0.2) is 16.2 Å². The molecule has 2 aromatic rings. The average molecular weight is 354 g/mol. The highest BCUT2D eigenvalue weighted by Gasteiger charge is 2.13. The molecule has 0 radical (unpaired) electrons. The Morgan fingerprint density at radius 2 is 1.65 bits per heavy atom. The van der Waals surface area contributed by atoms with Gasteiger partial charge >= 0.3 is 5.97 Å². The highest BCUT2D eigenvalue weighted by Crippen LogP contribution is 2.37. The molecule has 0 fully saturated rings. The summed E-state index contributed by atoms with van der Waals surface area (Å²) in [4.78, 5) is 12.0. The first-order valence-electron chi connectivity index (χ1n) is 9.10. The summed E-state index contributed by atoms with van der Waals surface area (Å²) in [5.74, 6) is -1.15. The number of esters is 1. The first kappa shape index (κ1) is 19.6. The zero-order valence-electron chi connectivity index (χ0n) is 15.1. The van der Waals surface area contributed by atoms with Crippen molar-refractivity contribution >= 4 is 18.1 Å². The first-order valence-corrected chi connectivity index (χ1v) is 9.10. The van der Waals surface area contributed by atoms with Gasteiger partial charge in [0, 0.05) is 6.42 Å². The highest BCUT2D eigenvalue weighted by molar-refractivity contribution is 5.76. The van der Waals surface area contributed by atoms with E-state index in [1.165, 1.54) is 12.5 Å². The van der Waals surface area contributed by atoms with Gasteiger partial charge in [0.1, 0.15) is 0 Å². The lowest BCUT2D eigenvalue weighted by Gasteiger charge is -2.09. The fraction of sp³-hybridized carbons (Fsp3) is 0.318. The number of hydrogen-bond acceptors (Lipinski definition) is 4. The maximum atomic E-state index is 12.0. The molecule has 0 aliphatic rings. The minimum absolute atomic E-state index is 0.0173. The molecule has 138 valence electrons. The van der Waals surface area contributed by atoms with Gasteiger partial charge in [-0.25, -0.2) is 0 Å². The molecular weight excluding hydrogens is 328 g/mol. The van der Waals surface area contributed by atoms with E-state index in [0.717, 1.165) is 31.2 Å². The molecule has 0 aromatic heterocycles. The lowest BCUT2D eigenvalue weighted by Crippen LogP contribution is -2.07. The largest absolute Gasteiger partial charge is 0.504 e. The Bertz CT molecular complexity index is 735. The third-order valence-corrected chi connectivity index (χ3v) is 4.05. The van der Waals surface area contributed by atoms with Crippen molar-refractivity contribution in [1.82, 2.24) is 0 Å². The van der Waals surface area contributed by atoms with Gasteiger partial charge in [-0.15, -0.1) is 0 Å². The maximum Gasteiger partial charge on any atom is 0.311 e. The number of ether oxygens (including phenoxy) is 1.